The van der Waals surface area contributed by atoms with Crippen LogP contribution in [0.15, 0.2) is 0 Å². The summed E-state index contributed by atoms with van der Waals surface area (Å²) in [6, 6.07) is 0. The van der Waals surface area contributed by atoms with Crippen molar-refractivity contribution in [2.45, 2.75) is 56.7 Å². The van der Waals surface area contributed by atoms with E-state index in [1.54, 1.807) is 4.31 Å². The molecule has 6 heteroatoms. The Morgan fingerprint density at radius 1 is 1.26 bits per heavy atom. The van der Waals surface area contributed by atoms with Gasteiger partial charge in [0.2, 0.25) is 10.0 Å². The van der Waals surface area contributed by atoms with Crippen LogP contribution < -0.4 is 0 Å². The lowest BCUT2D eigenvalue weighted by atomic mass is 10.0. The molecule has 0 aromatic rings. The van der Waals surface area contributed by atoms with Crippen LogP contribution in [0.3, 0.4) is 0 Å². The monoisotopic (exact) mass is 289 g/mol. The first-order valence-electron chi connectivity index (χ1n) is 6.90. The average Bonchev–Trinajstić information content (AvgIpc) is 2.94. The van der Waals surface area contributed by atoms with Crippen LogP contribution in [-0.4, -0.2) is 43.1 Å². The summed E-state index contributed by atoms with van der Waals surface area (Å²) in [7, 11) is -2.09. The van der Waals surface area contributed by atoms with Crippen molar-refractivity contribution < 1.29 is 17.9 Å². The molecule has 2 unspecified atom stereocenters. The van der Waals surface area contributed by atoms with Gasteiger partial charge in [0.25, 0.3) is 0 Å². The molecule has 0 amide bonds. The molecule has 2 fully saturated rings. The number of carbonyl (C=O) groups is 1. The van der Waals surface area contributed by atoms with Crippen molar-refractivity contribution in [3.63, 3.8) is 0 Å². The molecule has 1 aliphatic carbocycles. The minimum absolute atomic E-state index is 0.331. The van der Waals surface area contributed by atoms with E-state index in [1.165, 1.54) is 7.11 Å². The molecule has 19 heavy (non-hydrogen) atoms. The molecular weight excluding hydrogens is 266 g/mol. The number of hydrogen-bond acceptors (Lipinski definition) is 4. The molecule has 0 aromatic carbocycles. The van der Waals surface area contributed by atoms with E-state index in [-0.39, 0.29) is 11.5 Å². The van der Waals surface area contributed by atoms with Crippen LogP contribution in [0.4, 0.5) is 0 Å². The summed E-state index contributed by atoms with van der Waals surface area (Å²) in [5.74, 6) is -0.880. The molecule has 0 radical (unpaired) electrons. The normalized spacial score (nSPS) is 31.5. The second-order valence-electron chi connectivity index (χ2n) is 6.13. The van der Waals surface area contributed by atoms with Crippen LogP contribution in [0.5, 0.6) is 0 Å². The summed E-state index contributed by atoms with van der Waals surface area (Å²) < 4.78 is 32.0. The quantitative estimate of drug-likeness (QED) is 0.739. The Morgan fingerprint density at radius 3 is 2.47 bits per heavy atom. The topological polar surface area (TPSA) is 63.7 Å². The highest BCUT2D eigenvalue weighted by Gasteiger charge is 2.49. The molecule has 5 nitrogen and oxygen atoms in total. The van der Waals surface area contributed by atoms with Gasteiger partial charge < -0.3 is 4.74 Å². The number of methoxy groups -OCH3 is 1. The number of rotatable bonds is 3. The van der Waals surface area contributed by atoms with Gasteiger partial charge in [-0.3, -0.25) is 4.79 Å². The zero-order valence-electron chi connectivity index (χ0n) is 11.9. The van der Waals surface area contributed by atoms with E-state index < -0.39 is 21.2 Å². The lowest BCUT2D eigenvalue weighted by Gasteiger charge is -2.34. The summed E-state index contributed by atoms with van der Waals surface area (Å²) in [5.41, 5.74) is -0.331. The van der Waals surface area contributed by atoms with E-state index in [4.69, 9.17) is 4.74 Å². The summed E-state index contributed by atoms with van der Waals surface area (Å²) >= 11 is 0. The predicted octanol–water partition coefficient (Wildman–Crippen LogP) is 1.53. The number of ether oxygens (including phenoxy) is 1. The lowest BCUT2D eigenvalue weighted by Crippen LogP contribution is -2.48. The highest BCUT2D eigenvalue weighted by atomic mass is 32.2. The lowest BCUT2D eigenvalue weighted by molar-refractivity contribution is -0.145. The summed E-state index contributed by atoms with van der Waals surface area (Å²) in [6.07, 6.45) is 3.72. The van der Waals surface area contributed by atoms with E-state index in [2.05, 4.69) is 0 Å². The Labute approximate surface area is 115 Å². The van der Waals surface area contributed by atoms with Crippen LogP contribution in [0.2, 0.25) is 0 Å². The third-order valence-electron chi connectivity index (χ3n) is 4.47. The number of nitrogens with zero attached hydrogens (tertiary/aromatic N) is 1. The number of hydrogen-bond donors (Lipinski definition) is 0. The highest BCUT2D eigenvalue weighted by molar-refractivity contribution is 7.89. The highest BCUT2D eigenvalue weighted by Crippen LogP contribution is 2.39. The summed E-state index contributed by atoms with van der Waals surface area (Å²) in [6.45, 7) is 4.49. The number of sulfonamides is 1. The van der Waals surface area contributed by atoms with Crippen LogP contribution in [0, 0.1) is 5.92 Å². The molecule has 0 bridgehead atoms. The molecule has 0 aromatic heterocycles. The van der Waals surface area contributed by atoms with Gasteiger partial charge >= 0.3 is 5.97 Å². The smallest absolute Gasteiger partial charge is 0.310 e. The zero-order valence-corrected chi connectivity index (χ0v) is 12.7. The molecule has 1 saturated heterocycles. The third kappa shape index (κ3) is 2.52. The van der Waals surface area contributed by atoms with Crippen molar-refractivity contribution in [1.82, 2.24) is 4.31 Å². The molecule has 0 N–H and O–H groups in total. The largest absolute Gasteiger partial charge is 0.469 e. The maximum Gasteiger partial charge on any atom is 0.310 e. The fourth-order valence-corrected chi connectivity index (χ4v) is 6.04. The first-order chi connectivity index (χ1) is 8.80. The van der Waals surface area contributed by atoms with Gasteiger partial charge in [-0.1, -0.05) is 6.42 Å². The van der Waals surface area contributed by atoms with Crippen molar-refractivity contribution in [2.24, 2.45) is 5.92 Å². The molecule has 0 spiro atoms. The van der Waals surface area contributed by atoms with E-state index in [0.29, 0.717) is 19.4 Å². The summed E-state index contributed by atoms with van der Waals surface area (Å²) in [4.78, 5) is 11.7. The Kier molecular flexibility index (Phi) is 3.93. The van der Waals surface area contributed by atoms with Gasteiger partial charge in [-0.25, -0.2) is 8.42 Å². The van der Waals surface area contributed by atoms with Gasteiger partial charge in [0.05, 0.1) is 18.3 Å². The van der Waals surface area contributed by atoms with Crippen LogP contribution >= 0.6 is 0 Å². The van der Waals surface area contributed by atoms with Crippen LogP contribution in [0.25, 0.3) is 0 Å². The van der Waals surface area contributed by atoms with Gasteiger partial charge in [0.1, 0.15) is 0 Å². The minimum Gasteiger partial charge on any atom is -0.469 e. The Bertz CT molecular complexity index is 457. The van der Waals surface area contributed by atoms with Gasteiger partial charge in [0, 0.05) is 12.1 Å². The maximum absolute atomic E-state index is 12.8. The van der Waals surface area contributed by atoms with E-state index in [9.17, 15) is 13.2 Å². The maximum atomic E-state index is 12.8. The predicted molar refractivity (Wildman–Crippen MR) is 72.1 cm³/mol. The van der Waals surface area contributed by atoms with E-state index in [0.717, 1.165) is 19.3 Å². The fourth-order valence-electron chi connectivity index (χ4n) is 3.42. The standard InChI is InChI=1S/C13H23NO4S/c1-13(2)8-5-9-14(13)19(16,17)11-7-4-6-10(11)12(15)18-3/h10-11H,4-9H2,1-3H3. The minimum atomic E-state index is -3.42. The Morgan fingerprint density at radius 2 is 1.95 bits per heavy atom. The molecular formula is C13H23NO4S. The van der Waals surface area contributed by atoms with Gasteiger partial charge in [-0.05, 0) is 39.5 Å². The molecule has 2 rings (SSSR count). The summed E-state index contributed by atoms with van der Waals surface area (Å²) in [5, 5.41) is -0.600. The molecule has 1 saturated carbocycles. The van der Waals surface area contributed by atoms with Crippen molar-refractivity contribution in [2.75, 3.05) is 13.7 Å². The van der Waals surface area contributed by atoms with Crippen LogP contribution in [0.1, 0.15) is 46.0 Å². The van der Waals surface area contributed by atoms with E-state index >= 15 is 0 Å². The fraction of sp³-hybridized carbons (Fsp3) is 0.923. The van der Waals surface area contributed by atoms with Crippen molar-refractivity contribution in [3.05, 3.63) is 0 Å². The van der Waals surface area contributed by atoms with Crippen molar-refractivity contribution in [1.29, 1.82) is 0 Å². The second kappa shape index (κ2) is 5.05. The third-order valence-corrected chi connectivity index (χ3v) is 7.09. The SMILES string of the molecule is COC(=O)C1CCCC1S(=O)(=O)N1CCCC1(C)C. The van der Waals surface area contributed by atoms with Gasteiger partial charge in [-0.15, -0.1) is 0 Å². The first kappa shape index (κ1) is 14.8. The van der Waals surface area contributed by atoms with Crippen LogP contribution in [-0.2, 0) is 19.6 Å². The second-order valence-corrected chi connectivity index (χ2v) is 8.21. The number of carbonyl (C=O) groups excluding carboxylic acids is 1. The van der Waals surface area contributed by atoms with Gasteiger partial charge in [0.15, 0.2) is 0 Å². The molecule has 2 atom stereocenters. The average molecular weight is 289 g/mol. The van der Waals surface area contributed by atoms with Crippen molar-refractivity contribution in [3.8, 4) is 0 Å². The van der Waals surface area contributed by atoms with Crippen molar-refractivity contribution >= 4 is 16.0 Å². The molecule has 1 aliphatic heterocycles. The molecule has 1 heterocycles. The van der Waals surface area contributed by atoms with E-state index in [1.807, 2.05) is 13.8 Å². The Hall–Kier alpha value is -0.620. The first-order valence-corrected chi connectivity index (χ1v) is 8.40. The molecule has 110 valence electrons. The van der Waals surface area contributed by atoms with Gasteiger partial charge in [-0.2, -0.15) is 4.31 Å². The molecule has 2 aliphatic rings. The number of esters is 1. The zero-order chi connectivity index (χ0) is 14.3. The Balaban J connectivity index is 2.27.